The molecule has 0 fully saturated rings. The number of rotatable bonds is 2. The van der Waals surface area contributed by atoms with Crippen molar-refractivity contribution in [3.8, 4) is 11.1 Å². The first kappa shape index (κ1) is 17.5. The maximum atomic E-state index is 10.5. The number of benzene rings is 2. The fraction of sp³-hybridized carbons (Fsp3) is 0.182. The van der Waals surface area contributed by atoms with Crippen LogP contribution in [0.25, 0.3) is 22.1 Å². The Morgan fingerprint density at radius 3 is 2.48 bits per heavy atom. The van der Waals surface area contributed by atoms with Crippen LogP contribution >= 0.6 is 11.6 Å². The molecular formula is C22H21ClO2. The average Bonchev–Trinajstić information content (AvgIpc) is 2.64. The highest BCUT2D eigenvalue weighted by Gasteiger charge is 2.21. The van der Waals surface area contributed by atoms with Crippen LogP contribution in [-0.2, 0) is 5.60 Å². The van der Waals surface area contributed by atoms with Crippen LogP contribution in [0.1, 0.15) is 25.0 Å². The summed E-state index contributed by atoms with van der Waals surface area (Å²) in [6.07, 6.45) is 1.72. The van der Waals surface area contributed by atoms with Gasteiger partial charge in [0.1, 0.15) is 5.58 Å². The molecule has 2 nitrogen and oxygen atoms in total. The van der Waals surface area contributed by atoms with Gasteiger partial charge in [-0.25, -0.2) is 0 Å². The topological polar surface area (TPSA) is 33.4 Å². The standard InChI is InChI=1S/C22H21ClO2/c1-15-7-6-8-16(14-25-21-10-5-4-9-18(15)21)19-12-11-17(23)13-20(19)22(2,3)24/h4-14,24H,1-3H3. The summed E-state index contributed by atoms with van der Waals surface area (Å²) < 4.78 is 5.98. The monoisotopic (exact) mass is 352 g/mol. The lowest BCUT2D eigenvalue weighted by molar-refractivity contribution is 0.0792. The molecule has 0 spiro atoms. The van der Waals surface area contributed by atoms with Gasteiger partial charge in [-0.05, 0) is 55.7 Å². The molecule has 0 aliphatic heterocycles. The largest absolute Gasteiger partial charge is 0.464 e. The Morgan fingerprint density at radius 1 is 0.960 bits per heavy atom. The molecule has 25 heavy (non-hydrogen) atoms. The summed E-state index contributed by atoms with van der Waals surface area (Å²) >= 11 is 6.14. The summed E-state index contributed by atoms with van der Waals surface area (Å²) in [6.45, 7) is 5.56. The summed E-state index contributed by atoms with van der Waals surface area (Å²) in [4.78, 5) is 0. The molecule has 0 saturated carbocycles. The highest BCUT2D eigenvalue weighted by Crippen LogP contribution is 2.33. The molecule has 0 bridgehead atoms. The molecule has 3 rings (SSSR count). The first-order valence-corrected chi connectivity index (χ1v) is 8.58. The Labute approximate surface area is 153 Å². The van der Waals surface area contributed by atoms with Crippen molar-refractivity contribution in [2.45, 2.75) is 26.4 Å². The molecule has 1 aromatic heterocycles. The summed E-state index contributed by atoms with van der Waals surface area (Å²) in [6, 6.07) is 19.5. The van der Waals surface area contributed by atoms with E-state index in [9.17, 15) is 5.11 Å². The SMILES string of the molecule is Cc1cccc(-c2ccc(Cl)cc2C(C)(C)O)coc2ccccc12. The van der Waals surface area contributed by atoms with Crippen molar-refractivity contribution in [2.75, 3.05) is 0 Å². The molecule has 1 heterocycles. The number of hydrogen-bond donors (Lipinski definition) is 1. The van der Waals surface area contributed by atoms with Crippen molar-refractivity contribution >= 4 is 22.6 Å². The molecule has 1 N–H and O–H groups in total. The summed E-state index contributed by atoms with van der Waals surface area (Å²) in [5, 5.41) is 12.2. The highest BCUT2D eigenvalue weighted by molar-refractivity contribution is 6.30. The van der Waals surface area contributed by atoms with Crippen LogP contribution < -0.4 is 0 Å². The molecule has 0 unspecified atom stereocenters. The minimum absolute atomic E-state index is 0.593. The Kier molecular flexibility index (Phi) is 4.85. The molecule has 2 aromatic carbocycles. The third-order valence-corrected chi connectivity index (χ3v) is 4.43. The lowest BCUT2D eigenvalue weighted by Gasteiger charge is -2.21. The van der Waals surface area contributed by atoms with Gasteiger partial charge in [-0.1, -0.05) is 54.1 Å². The first-order valence-electron chi connectivity index (χ1n) is 8.20. The fourth-order valence-corrected chi connectivity index (χ4v) is 3.05. The van der Waals surface area contributed by atoms with Gasteiger partial charge >= 0.3 is 0 Å². The van der Waals surface area contributed by atoms with Gasteiger partial charge < -0.3 is 9.52 Å². The zero-order valence-corrected chi connectivity index (χ0v) is 15.3. The highest BCUT2D eigenvalue weighted by atomic mass is 35.5. The molecule has 0 aliphatic rings. The fourth-order valence-electron chi connectivity index (χ4n) is 2.87. The smallest absolute Gasteiger partial charge is 0.134 e. The van der Waals surface area contributed by atoms with E-state index in [1.165, 1.54) is 0 Å². The van der Waals surface area contributed by atoms with Crippen molar-refractivity contribution in [3.63, 3.8) is 0 Å². The van der Waals surface area contributed by atoms with Crippen molar-refractivity contribution in [1.29, 1.82) is 0 Å². The Hall–Kier alpha value is -2.29. The number of fused-ring (bicyclic) bond motifs is 1. The van der Waals surface area contributed by atoms with E-state index in [-0.39, 0.29) is 0 Å². The zero-order chi connectivity index (χ0) is 18.0. The van der Waals surface area contributed by atoms with Crippen LogP contribution in [0.15, 0.2) is 71.3 Å². The number of halogens is 1. The third-order valence-electron chi connectivity index (χ3n) is 4.20. The zero-order valence-electron chi connectivity index (χ0n) is 14.6. The molecule has 3 aromatic rings. The van der Waals surface area contributed by atoms with Crippen LogP contribution in [0.4, 0.5) is 0 Å². The molecule has 0 aliphatic carbocycles. The number of aryl methyl sites for hydroxylation is 1. The van der Waals surface area contributed by atoms with Gasteiger partial charge in [-0.2, -0.15) is 0 Å². The van der Waals surface area contributed by atoms with Gasteiger partial charge in [0, 0.05) is 16.0 Å². The predicted molar refractivity (Wildman–Crippen MR) is 104 cm³/mol. The van der Waals surface area contributed by atoms with E-state index in [2.05, 4.69) is 13.0 Å². The summed E-state index contributed by atoms with van der Waals surface area (Å²) in [5.41, 5.74) is 3.43. The van der Waals surface area contributed by atoms with Crippen LogP contribution in [0.2, 0.25) is 5.02 Å². The quantitative estimate of drug-likeness (QED) is 0.577. The van der Waals surface area contributed by atoms with Gasteiger partial charge in [0.15, 0.2) is 0 Å². The van der Waals surface area contributed by atoms with Crippen LogP contribution in [0.3, 0.4) is 0 Å². The van der Waals surface area contributed by atoms with Crippen molar-refractivity contribution in [1.82, 2.24) is 0 Å². The Bertz CT molecular complexity index is 963. The Balaban J connectivity index is 2.30. The minimum atomic E-state index is -1.02. The van der Waals surface area contributed by atoms with E-state index >= 15 is 0 Å². The van der Waals surface area contributed by atoms with Crippen molar-refractivity contribution in [2.24, 2.45) is 0 Å². The molecule has 0 saturated heterocycles. The van der Waals surface area contributed by atoms with E-state index in [1.807, 2.05) is 48.5 Å². The van der Waals surface area contributed by atoms with Gasteiger partial charge in [0.05, 0.1) is 11.9 Å². The summed E-state index contributed by atoms with van der Waals surface area (Å²) in [7, 11) is 0. The van der Waals surface area contributed by atoms with Crippen molar-refractivity contribution in [3.05, 3.63) is 83.1 Å². The molecule has 0 atom stereocenters. The molecule has 0 amide bonds. The Morgan fingerprint density at radius 2 is 1.72 bits per heavy atom. The number of hydrogen-bond acceptors (Lipinski definition) is 2. The molecular weight excluding hydrogens is 332 g/mol. The second-order valence-electron chi connectivity index (χ2n) is 6.64. The van der Waals surface area contributed by atoms with E-state index in [0.717, 1.165) is 33.2 Å². The lowest BCUT2D eigenvalue weighted by Crippen LogP contribution is -2.16. The third kappa shape index (κ3) is 3.87. The maximum absolute atomic E-state index is 10.5. The van der Waals surface area contributed by atoms with Crippen LogP contribution in [-0.4, -0.2) is 5.11 Å². The summed E-state index contributed by atoms with van der Waals surface area (Å²) in [5.74, 6) is 0. The second-order valence-corrected chi connectivity index (χ2v) is 7.08. The molecule has 0 radical (unpaired) electrons. The number of aliphatic hydroxyl groups is 1. The predicted octanol–water partition coefficient (Wildman–Crippen LogP) is 6.41. The van der Waals surface area contributed by atoms with Crippen LogP contribution in [0.5, 0.6) is 0 Å². The first-order chi connectivity index (χ1) is 11.9. The van der Waals surface area contributed by atoms with Gasteiger partial charge in [0.2, 0.25) is 0 Å². The second kappa shape index (κ2) is 6.91. The van der Waals surface area contributed by atoms with E-state index in [0.29, 0.717) is 5.02 Å². The van der Waals surface area contributed by atoms with Crippen molar-refractivity contribution < 1.29 is 9.52 Å². The van der Waals surface area contributed by atoms with E-state index in [4.69, 9.17) is 16.0 Å². The average molecular weight is 353 g/mol. The van der Waals surface area contributed by atoms with E-state index < -0.39 is 5.60 Å². The minimum Gasteiger partial charge on any atom is -0.464 e. The number of para-hydroxylation sites is 1. The van der Waals surface area contributed by atoms with Gasteiger partial charge in [-0.15, -0.1) is 0 Å². The molecule has 3 heteroatoms. The van der Waals surface area contributed by atoms with Crippen LogP contribution in [0, 0.1) is 6.92 Å². The lowest BCUT2D eigenvalue weighted by atomic mass is 9.90. The van der Waals surface area contributed by atoms with Gasteiger partial charge in [0.25, 0.3) is 0 Å². The van der Waals surface area contributed by atoms with Gasteiger partial charge in [-0.3, -0.25) is 0 Å². The van der Waals surface area contributed by atoms with E-state index in [1.54, 1.807) is 26.2 Å². The maximum Gasteiger partial charge on any atom is 0.134 e. The normalized spacial score (nSPS) is 11.4. The molecule has 128 valence electrons.